The van der Waals surface area contributed by atoms with E-state index in [1.54, 1.807) is 12.4 Å². The summed E-state index contributed by atoms with van der Waals surface area (Å²) in [4.78, 5) is 9.57. The molecule has 0 bridgehead atoms. The summed E-state index contributed by atoms with van der Waals surface area (Å²) < 4.78 is 15.2. The largest absolute Gasteiger partial charge is 0.342 e. The number of rotatable bonds is 5. The first-order valence-electron chi connectivity index (χ1n) is 8.63. The molecule has 1 aliphatic heterocycles. The van der Waals surface area contributed by atoms with Gasteiger partial charge in [0, 0.05) is 31.4 Å². The zero-order valence-electron chi connectivity index (χ0n) is 14.0. The number of piperidine rings is 1. The number of anilines is 1. The third kappa shape index (κ3) is 3.26. The molecule has 1 aliphatic rings. The molecule has 0 saturated carbocycles. The minimum absolute atomic E-state index is 0.0719. The Bertz CT molecular complexity index is 798. The molecule has 130 valence electrons. The van der Waals surface area contributed by atoms with Crippen molar-refractivity contribution in [3.05, 3.63) is 48.3 Å². The lowest BCUT2D eigenvalue weighted by Gasteiger charge is -2.32. The van der Waals surface area contributed by atoms with E-state index in [9.17, 15) is 4.39 Å². The average Bonchev–Trinajstić information content (AvgIpc) is 3.32. The third-order valence-corrected chi connectivity index (χ3v) is 4.64. The Morgan fingerprint density at radius 3 is 2.84 bits per heavy atom. The first kappa shape index (κ1) is 15.8. The number of H-pyrrole nitrogens is 1. The number of aromatic amines is 1. The van der Waals surface area contributed by atoms with Crippen LogP contribution in [0.4, 0.5) is 10.3 Å². The molecule has 25 heavy (non-hydrogen) atoms. The second-order valence-corrected chi connectivity index (χ2v) is 6.44. The van der Waals surface area contributed by atoms with E-state index in [1.807, 2.05) is 18.2 Å². The number of aromatic nitrogens is 5. The molecule has 1 atom stereocenters. The van der Waals surface area contributed by atoms with Gasteiger partial charge in [-0.1, -0.05) is 30.3 Å². The van der Waals surface area contributed by atoms with Crippen molar-refractivity contribution in [2.45, 2.75) is 19.4 Å². The Balaban J connectivity index is 1.71. The normalized spacial score (nSPS) is 17.8. The number of benzene rings is 1. The van der Waals surface area contributed by atoms with Crippen LogP contribution in [0.5, 0.6) is 0 Å². The minimum atomic E-state index is -0.283. The highest BCUT2D eigenvalue weighted by molar-refractivity contribution is 5.49. The van der Waals surface area contributed by atoms with Crippen LogP contribution in [0.25, 0.3) is 11.6 Å². The highest BCUT2D eigenvalue weighted by Gasteiger charge is 2.26. The Morgan fingerprint density at radius 2 is 2.08 bits per heavy atom. The third-order valence-electron chi connectivity index (χ3n) is 4.64. The zero-order chi connectivity index (χ0) is 17.1. The van der Waals surface area contributed by atoms with Gasteiger partial charge in [-0.05, 0) is 18.4 Å². The predicted octanol–water partition coefficient (Wildman–Crippen LogP) is 2.90. The van der Waals surface area contributed by atoms with Gasteiger partial charge in [-0.25, -0.2) is 4.98 Å². The van der Waals surface area contributed by atoms with Crippen molar-refractivity contribution >= 4 is 5.95 Å². The van der Waals surface area contributed by atoms with E-state index in [4.69, 9.17) is 0 Å². The summed E-state index contributed by atoms with van der Waals surface area (Å²) in [6.45, 7) is 1.92. The van der Waals surface area contributed by atoms with E-state index in [0.717, 1.165) is 30.9 Å². The molecule has 4 rings (SSSR count). The maximum Gasteiger partial charge on any atom is 0.227 e. The number of halogens is 1. The number of alkyl halides is 1. The minimum Gasteiger partial charge on any atom is -0.342 e. The van der Waals surface area contributed by atoms with Gasteiger partial charge < -0.3 is 9.88 Å². The van der Waals surface area contributed by atoms with Crippen LogP contribution in [0, 0.1) is 5.92 Å². The number of imidazole rings is 1. The highest BCUT2D eigenvalue weighted by atomic mass is 19.1. The van der Waals surface area contributed by atoms with Crippen molar-refractivity contribution < 1.29 is 4.39 Å². The van der Waals surface area contributed by atoms with Gasteiger partial charge in [0.2, 0.25) is 11.8 Å². The summed E-state index contributed by atoms with van der Waals surface area (Å²) in [5.74, 6) is 2.25. The van der Waals surface area contributed by atoms with E-state index in [-0.39, 0.29) is 12.6 Å². The van der Waals surface area contributed by atoms with Crippen LogP contribution in [-0.4, -0.2) is 44.5 Å². The first-order valence-corrected chi connectivity index (χ1v) is 8.63. The number of nitrogens with one attached hydrogen (secondary N) is 1. The lowest BCUT2D eigenvalue weighted by atomic mass is 10.00. The summed E-state index contributed by atoms with van der Waals surface area (Å²) >= 11 is 0. The summed E-state index contributed by atoms with van der Waals surface area (Å²) in [5, 5.41) is 8.78. The predicted molar refractivity (Wildman–Crippen MR) is 94.1 cm³/mol. The molecule has 0 radical (unpaired) electrons. The van der Waals surface area contributed by atoms with Crippen molar-refractivity contribution in [3.63, 3.8) is 0 Å². The van der Waals surface area contributed by atoms with Gasteiger partial charge in [-0.15, -0.1) is 10.2 Å². The van der Waals surface area contributed by atoms with Crippen LogP contribution in [0.2, 0.25) is 0 Å². The van der Waals surface area contributed by atoms with E-state index in [2.05, 4.69) is 41.8 Å². The zero-order valence-corrected chi connectivity index (χ0v) is 14.0. The lowest BCUT2D eigenvalue weighted by Crippen LogP contribution is -2.38. The Morgan fingerprint density at radius 1 is 1.20 bits per heavy atom. The first-order chi connectivity index (χ1) is 12.3. The van der Waals surface area contributed by atoms with Crippen LogP contribution in [-0.2, 0) is 6.54 Å². The molecule has 0 amide bonds. The monoisotopic (exact) mass is 340 g/mol. The number of hydrogen-bond donors (Lipinski definition) is 1. The second-order valence-electron chi connectivity index (χ2n) is 6.44. The van der Waals surface area contributed by atoms with Gasteiger partial charge in [0.15, 0.2) is 5.82 Å². The second kappa shape index (κ2) is 7.04. The van der Waals surface area contributed by atoms with E-state index in [1.165, 1.54) is 0 Å². The fraction of sp³-hybridized carbons (Fsp3) is 0.389. The average molecular weight is 340 g/mol. The SMILES string of the molecule is FCC1CCCN(c2nnc(-c3ncc[nH]3)n2Cc2ccccc2)C1. The summed E-state index contributed by atoms with van der Waals surface area (Å²) in [7, 11) is 0. The summed E-state index contributed by atoms with van der Waals surface area (Å²) in [6.07, 6.45) is 5.39. The van der Waals surface area contributed by atoms with Crippen LogP contribution < -0.4 is 4.90 Å². The smallest absolute Gasteiger partial charge is 0.227 e. The Labute approximate surface area is 145 Å². The molecule has 0 spiro atoms. The lowest BCUT2D eigenvalue weighted by molar-refractivity contribution is 0.313. The molecule has 1 aromatic carbocycles. The molecule has 1 fully saturated rings. The molecule has 1 saturated heterocycles. The van der Waals surface area contributed by atoms with E-state index >= 15 is 0 Å². The number of nitrogens with zero attached hydrogens (tertiary/aromatic N) is 5. The molecule has 6 nitrogen and oxygen atoms in total. The fourth-order valence-corrected chi connectivity index (χ4v) is 3.38. The van der Waals surface area contributed by atoms with Gasteiger partial charge in [-0.2, -0.15) is 0 Å². The molecule has 3 aromatic rings. The van der Waals surface area contributed by atoms with Crippen LogP contribution in [0.1, 0.15) is 18.4 Å². The van der Waals surface area contributed by atoms with Crippen molar-refractivity contribution in [3.8, 4) is 11.6 Å². The topological polar surface area (TPSA) is 62.6 Å². The molecular weight excluding hydrogens is 319 g/mol. The van der Waals surface area contributed by atoms with Crippen molar-refractivity contribution in [2.75, 3.05) is 24.7 Å². The summed E-state index contributed by atoms with van der Waals surface area (Å²) in [6, 6.07) is 10.2. The molecule has 7 heteroatoms. The Kier molecular flexibility index (Phi) is 4.45. The quantitative estimate of drug-likeness (QED) is 0.776. The van der Waals surface area contributed by atoms with E-state index in [0.29, 0.717) is 24.7 Å². The fourth-order valence-electron chi connectivity index (χ4n) is 3.38. The molecule has 1 N–H and O–H groups in total. The molecule has 1 unspecified atom stereocenters. The van der Waals surface area contributed by atoms with Gasteiger partial charge >= 0.3 is 0 Å². The summed E-state index contributed by atoms with van der Waals surface area (Å²) in [5.41, 5.74) is 1.16. The maximum atomic E-state index is 13.2. The van der Waals surface area contributed by atoms with Gasteiger partial charge in [0.05, 0.1) is 13.2 Å². The molecular formula is C18H21FN6. The Hall–Kier alpha value is -2.70. The molecule has 3 heterocycles. The van der Waals surface area contributed by atoms with Gasteiger partial charge in [-0.3, -0.25) is 8.96 Å². The maximum absolute atomic E-state index is 13.2. The van der Waals surface area contributed by atoms with E-state index < -0.39 is 0 Å². The van der Waals surface area contributed by atoms with Crippen molar-refractivity contribution in [1.82, 2.24) is 24.7 Å². The molecule has 0 aliphatic carbocycles. The molecule has 2 aromatic heterocycles. The van der Waals surface area contributed by atoms with Crippen LogP contribution in [0.3, 0.4) is 0 Å². The number of hydrogen-bond acceptors (Lipinski definition) is 4. The van der Waals surface area contributed by atoms with Crippen molar-refractivity contribution in [2.24, 2.45) is 5.92 Å². The van der Waals surface area contributed by atoms with Gasteiger partial charge in [0.1, 0.15) is 0 Å². The highest BCUT2D eigenvalue weighted by Crippen LogP contribution is 2.26. The van der Waals surface area contributed by atoms with Crippen LogP contribution >= 0.6 is 0 Å². The standard InChI is InChI=1S/C18H21FN6/c19-11-15-7-4-10-24(12-15)18-23-22-17(16-20-8-9-21-16)25(18)13-14-5-2-1-3-6-14/h1-3,5-6,8-9,15H,4,7,10-13H2,(H,20,21). The van der Waals surface area contributed by atoms with Gasteiger partial charge in [0.25, 0.3) is 0 Å². The van der Waals surface area contributed by atoms with Crippen molar-refractivity contribution in [1.29, 1.82) is 0 Å². The van der Waals surface area contributed by atoms with Crippen LogP contribution in [0.15, 0.2) is 42.7 Å².